The molecule has 0 spiro atoms. The van der Waals surface area contributed by atoms with Gasteiger partial charge in [-0.3, -0.25) is 0 Å². The lowest BCUT2D eigenvalue weighted by Gasteiger charge is -2.21. The number of aliphatic hydroxyl groups is 1. The van der Waals surface area contributed by atoms with Crippen LogP contribution in [0.4, 0.5) is 0 Å². The van der Waals surface area contributed by atoms with Crippen molar-refractivity contribution in [3.8, 4) is 0 Å². The van der Waals surface area contributed by atoms with Crippen molar-refractivity contribution in [1.29, 1.82) is 0 Å². The van der Waals surface area contributed by atoms with Crippen molar-refractivity contribution < 1.29 is 5.11 Å². The zero-order valence-electron chi connectivity index (χ0n) is 11.2. The SMILES string of the molecule is C[C@@H](NCc1cccc(Cl)c1Cl)[C@@H](O)c1ccccc1. The van der Waals surface area contributed by atoms with Crippen LogP contribution in [0, 0.1) is 0 Å². The van der Waals surface area contributed by atoms with Crippen LogP contribution in [-0.4, -0.2) is 11.1 Å². The Morgan fingerprint density at radius 2 is 1.75 bits per heavy atom. The summed E-state index contributed by atoms with van der Waals surface area (Å²) in [5.41, 5.74) is 1.82. The summed E-state index contributed by atoms with van der Waals surface area (Å²) in [5.74, 6) is 0. The van der Waals surface area contributed by atoms with Crippen LogP contribution >= 0.6 is 23.2 Å². The lowest BCUT2D eigenvalue weighted by atomic mass is 10.0. The first kappa shape index (κ1) is 15.3. The van der Waals surface area contributed by atoms with Gasteiger partial charge in [0.2, 0.25) is 0 Å². The van der Waals surface area contributed by atoms with E-state index in [2.05, 4.69) is 5.32 Å². The van der Waals surface area contributed by atoms with Gasteiger partial charge in [0.25, 0.3) is 0 Å². The molecule has 2 N–H and O–H groups in total. The van der Waals surface area contributed by atoms with E-state index in [1.54, 1.807) is 6.07 Å². The second-order valence-corrected chi connectivity index (χ2v) is 5.52. The van der Waals surface area contributed by atoms with Crippen molar-refractivity contribution in [3.63, 3.8) is 0 Å². The number of halogens is 2. The average molecular weight is 310 g/mol. The summed E-state index contributed by atoms with van der Waals surface area (Å²) < 4.78 is 0. The fourth-order valence-corrected chi connectivity index (χ4v) is 2.39. The topological polar surface area (TPSA) is 32.3 Å². The zero-order valence-corrected chi connectivity index (χ0v) is 12.7. The molecule has 2 aromatic carbocycles. The Kier molecular flexibility index (Phi) is 5.44. The monoisotopic (exact) mass is 309 g/mol. The van der Waals surface area contributed by atoms with E-state index in [1.165, 1.54) is 0 Å². The van der Waals surface area contributed by atoms with Crippen LogP contribution in [0.15, 0.2) is 48.5 Å². The van der Waals surface area contributed by atoms with E-state index in [0.717, 1.165) is 11.1 Å². The molecule has 2 nitrogen and oxygen atoms in total. The normalized spacial score (nSPS) is 14.0. The molecule has 2 atom stereocenters. The molecule has 2 aromatic rings. The lowest BCUT2D eigenvalue weighted by molar-refractivity contribution is 0.135. The Labute approximate surface area is 129 Å². The largest absolute Gasteiger partial charge is 0.387 e. The smallest absolute Gasteiger partial charge is 0.0940 e. The minimum atomic E-state index is -0.561. The summed E-state index contributed by atoms with van der Waals surface area (Å²) >= 11 is 12.1. The number of benzene rings is 2. The van der Waals surface area contributed by atoms with E-state index in [4.69, 9.17) is 23.2 Å². The highest BCUT2D eigenvalue weighted by molar-refractivity contribution is 6.42. The van der Waals surface area contributed by atoms with E-state index >= 15 is 0 Å². The van der Waals surface area contributed by atoms with E-state index in [-0.39, 0.29) is 6.04 Å². The standard InChI is InChI=1S/C16H17Cl2NO/c1-11(16(20)12-6-3-2-4-7-12)19-10-13-8-5-9-14(17)15(13)18/h2-9,11,16,19-20H,10H2,1H3/t11-,16-/m1/s1. The second kappa shape index (κ2) is 7.09. The second-order valence-electron chi connectivity index (χ2n) is 4.74. The predicted octanol–water partition coefficient (Wildman–Crippen LogP) is 4.21. The van der Waals surface area contributed by atoms with Gasteiger partial charge in [-0.25, -0.2) is 0 Å². The van der Waals surface area contributed by atoms with Gasteiger partial charge < -0.3 is 10.4 Å². The van der Waals surface area contributed by atoms with E-state index in [1.807, 2.05) is 49.4 Å². The molecule has 0 aliphatic carbocycles. The third-order valence-electron chi connectivity index (χ3n) is 3.26. The van der Waals surface area contributed by atoms with Gasteiger partial charge in [0.05, 0.1) is 16.1 Å². The van der Waals surface area contributed by atoms with Gasteiger partial charge in [-0.15, -0.1) is 0 Å². The molecule has 106 valence electrons. The van der Waals surface area contributed by atoms with Crippen molar-refractivity contribution in [1.82, 2.24) is 5.32 Å². The Hall–Kier alpha value is -1.06. The molecule has 0 aliphatic rings. The summed E-state index contributed by atoms with van der Waals surface area (Å²) in [5, 5.41) is 14.6. The number of nitrogens with one attached hydrogen (secondary N) is 1. The number of rotatable bonds is 5. The van der Waals surface area contributed by atoms with Crippen molar-refractivity contribution >= 4 is 23.2 Å². The minimum absolute atomic E-state index is 0.0903. The molecule has 0 saturated carbocycles. The number of hydrogen-bond acceptors (Lipinski definition) is 2. The van der Waals surface area contributed by atoms with Gasteiger partial charge in [0.15, 0.2) is 0 Å². The maximum absolute atomic E-state index is 10.3. The minimum Gasteiger partial charge on any atom is -0.387 e. The van der Waals surface area contributed by atoms with Crippen LogP contribution in [0.2, 0.25) is 10.0 Å². The van der Waals surface area contributed by atoms with Crippen LogP contribution < -0.4 is 5.32 Å². The third kappa shape index (κ3) is 3.74. The first-order valence-electron chi connectivity index (χ1n) is 6.49. The molecular formula is C16H17Cl2NO. The highest BCUT2D eigenvalue weighted by Gasteiger charge is 2.16. The van der Waals surface area contributed by atoms with Crippen LogP contribution in [0.1, 0.15) is 24.2 Å². The molecule has 0 bridgehead atoms. The Morgan fingerprint density at radius 1 is 1.05 bits per heavy atom. The first-order chi connectivity index (χ1) is 9.59. The fraction of sp³-hybridized carbons (Fsp3) is 0.250. The fourth-order valence-electron chi connectivity index (χ4n) is 2.01. The van der Waals surface area contributed by atoms with Crippen LogP contribution in [-0.2, 0) is 6.54 Å². The van der Waals surface area contributed by atoms with Gasteiger partial charge in [-0.2, -0.15) is 0 Å². The third-order valence-corrected chi connectivity index (χ3v) is 4.12. The first-order valence-corrected chi connectivity index (χ1v) is 7.24. The van der Waals surface area contributed by atoms with Crippen LogP contribution in [0.3, 0.4) is 0 Å². The molecular weight excluding hydrogens is 293 g/mol. The molecule has 0 unspecified atom stereocenters. The molecule has 20 heavy (non-hydrogen) atoms. The van der Waals surface area contributed by atoms with Crippen molar-refractivity contribution in [2.24, 2.45) is 0 Å². The maximum Gasteiger partial charge on any atom is 0.0940 e. The molecule has 4 heteroatoms. The van der Waals surface area contributed by atoms with Crippen LogP contribution in [0.5, 0.6) is 0 Å². The average Bonchev–Trinajstić information content (AvgIpc) is 2.48. The number of aliphatic hydroxyl groups excluding tert-OH is 1. The summed E-state index contributed by atoms with van der Waals surface area (Å²) in [6.07, 6.45) is -0.561. The predicted molar refractivity (Wildman–Crippen MR) is 84.2 cm³/mol. The summed E-state index contributed by atoms with van der Waals surface area (Å²) in [6.45, 7) is 2.50. The summed E-state index contributed by atoms with van der Waals surface area (Å²) in [4.78, 5) is 0. The lowest BCUT2D eigenvalue weighted by Crippen LogP contribution is -2.31. The molecule has 0 radical (unpaired) electrons. The Balaban J connectivity index is 1.98. The van der Waals surface area contributed by atoms with E-state index < -0.39 is 6.10 Å². The molecule has 0 aromatic heterocycles. The zero-order chi connectivity index (χ0) is 14.5. The van der Waals surface area contributed by atoms with Gasteiger partial charge in [0, 0.05) is 12.6 Å². The maximum atomic E-state index is 10.3. The summed E-state index contributed by atoms with van der Waals surface area (Å²) in [7, 11) is 0. The van der Waals surface area contributed by atoms with Gasteiger partial charge >= 0.3 is 0 Å². The molecule has 0 aliphatic heterocycles. The van der Waals surface area contributed by atoms with E-state index in [9.17, 15) is 5.11 Å². The molecule has 0 amide bonds. The van der Waals surface area contributed by atoms with Gasteiger partial charge in [0.1, 0.15) is 0 Å². The quantitative estimate of drug-likeness (QED) is 0.867. The molecule has 2 rings (SSSR count). The van der Waals surface area contributed by atoms with Crippen LogP contribution in [0.25, 0.3) is 0 Å². The highest BCUT2D eigenvalue weighted by Crippen LogP contribution is 2.25. The van der Waals surface area contributed by atoms with Crippen molar-refractivity contribution in [2.45, 2.75) is 25.6 Å². The number of hydrogen-bond donors (Lipinski definition) is 2. The Morgan fingerprint density at radius 3 is 2.45 bits per heavy atom. The van der Waals surface area contributed by atoms with Gasteiger partial charge in [-0.05, 0) is 24.1 Å². The summed E-state index contributed by atoms with van der Waals surface area (Å²) in [6, 6.07) is 15.0. The Bertz CT molecular complexity index is 560. The van der Waals surface area contributed by atoms with E-state index in [0.29, 0.717) is 16.6 Å². The molecule has 0 saturated heterocycles. The molecule has 0 heterocycles. The van der Waals surface area contributed by atoms with Crippen molar-refractivity contribution in [2.75, 3.05) is 0 Å². The highest BCUT2D eigenvalue weighted by atomic mass is 35.5. The molecule has 0 fully saturated rings. The van der Waals surface area contributed by atoms with Crippen molar-refractivity contribution in [3.05, 3.63) is 69.7 Å². The van der Waals surface area contributed by atoms with Gasteiger partial charge in [-0.1, -0.05) is 65.7 Å².